The van der Waals surface area contributed by atoms with Gasteiger partial charge in [0.05, 0.1) is 0 Å². The number of carbonyl (C=O) groups is 1. The Morgan fingerprint density at radius 1 is 1.41 bits per heavy atom. The Labute approximate surface area is 136 Å². The predicted octanol–water partition coefficient (Wildman–Crippen LogP) is 2.80. The molecule has 0 atom stereocenters. The van der Waals surface area contributed by atoms with E-state index in [0.29, 0.717) is 22.2 Å². The first-order valence-corrected chi connectivity index (χ1v) is 6.39. The van der Waals surface area contributed by atoms with Crippen LogP contribution < -0.4 is 5.32 Å². The van der Waals surface area contributed by atoms with Crippen molar-refractivity contribution in [1.29, 1.82) is 0 Å². The van der Waals surface area contributed by atoms with Crippen LogP contribution >= 0.6 is 24.0 Å². The van der Waals surface area contributed by atoms with E-state index < -0.39 is 0 Å². The molecular formula is C13H11Cl2N5O2. The molecule has 0 saturated heterocycles. The van der Waals surface area contributed by atoms with Crippen LogP contribution in [-0.2, 0) is 7.05 Å². The number of benzene rings is 1. The fourth-order valence-electron chi connectivity index (χ4n) is 1.75. The number of hydrogen-bond donors (Lipinski definition) is 1. The van der Waals surface area contributed by atoms with Gasteiger partial charge in [-0.15, -0.1) is 12.4 Å². The van der Waals surface area contributed by atoms with Crippen molar-refractivity contribution in [3.05, 3.63) is 47.2 Å². The molecule has 1 aromatic carbocycles. The quantitative estimate of drug-likeness (QED) is 0.792. The second kappa shape index (κ2) is 6.59. The third-order valence-electron chi connectivity index (χ3n) is 2.75. The van der Waals surface area contributed by atoms with Crippen LogP contribution in [0, 0.1) is 0 Å². The van der Waals surface area contributed by atoms with Crippen LogP contribution in [0.25, 0.3) is 11.6 Å². The van der Waals surface area contributed by atoms with Crippen LogP contribution in [0.4, 0.5) is 6.01 Å². The molecular weight excluding hydrogens is 329 g/mol. The minimum Gasteiger partial charge on any atom is -0.331 e. The fraction of sp³-hybridized carbons (Fsp3) is 0.0769. The van der Waals surface area contributed by atoms with Gasteiger partial charge in [0.2, 0.25) is 5.82 Å². The fourth-order valence-corrected chi connectivity index (χ4v) is 1.94. The normalized spacial score (nSPS) is 10.1. The molecule has 1 amide bonds. The van der Waals surface area contributed by atoms with Crippen LogP contribution in [0.5, 0.6) is 0 Å². The Morgan fingerprint density at radius 3 is 2.91 bits per heavy atom. The van der Waals surface area contributed by atoms with Gasteiger partial charge in [0.1, 0.15) is 0 Å². The van der Waals surface area contributed by atoms with E-state index in [1.54, 1.807) is 41.2 Å². The molecule has 7 nitrogen and oxygen atoms in total. The highest BCUT2D eigenvalue weighted by Crippen LogP contribution is 2.16. The van der Waals surface area contributed by atoms with Gasteiger partial charge in [0.25, 0.3) is 5.91 Å². The van der Waals surface area contributed by atoms with Crippen LogP contribution in [0.2, 0.25) is 5.02 Å². The topological polar surface area (TPSA) is 85.8 Å². The predicted molar refractivity (Wildman–Crippen MR) is 83.2 cm³/mol. The van der Waals surface area contributed by atoms with Crippen LogP contribution in [0.1, 0.15) is 10.4 Å². The van der Waals surface area contributed by atoms with Crippen molar-refractivity contribution in [2.24, 2.45) is 7.05 Å². The maximum Gasteiger partial charge on any atom is 0.328 e. The molecule has 0 aliphatic carbocycles. The lowest BCUT2D eigenvalue weighted by atomic mass is 10.2. The standard InChI is InChI=1S/C13H10ClN5O2.ClH/c1-19-6-5-15-11(19)10-16-13(21-18-10)17-12(20)8-3-2-4-9(14)7-8;/h2-7H,1H3,(H,16,17,18,20);1H. The summed E-state index contributed by atoms with van der Waals surface area (Å²) in [5, 5.41) is 6.76. The lowest BCUT2D eigenvalue weighted by molar-refractivity contribution is 0.102. The summed E-state index contributed by atoms with van der Waals surface area (Å²) < 4.78 is 6.73. The zero-order valence-electron chi connectivity index (χ0n) is 11.4. The number of amides is 1. The molecule has 2 aromatic heterocycles. The van der Waals surface area contributed by atoms with Crippen LogP contribution in [0.15, 0.2) is 41.2 Å². The molecule has 3 aromatic rings. The second-order valence-electron chi connectivity index (χ2n) is 4.25. The summed E-state index contributed by atoms with van der Waals surface area (Å²) in [4.78, 5) is 20.2. The molecule has 2 heterocycles. The number of carbonyl (C=O) groups excluding carboxylic acids is 1. The summed E-state index contributed by atoms with van der Waals surface area (Å²) in [5.74, 6) is 0.457. The Balaban J connectivity index is 0.00000176. The molecule has 0 aliphatic rings. The number of imidazole rings is 1. The maximum absolute atomic E-state index is 12.0. The molecule has 0 fully saturated rings. The zero-order chi connectivity index (χ0) is 14.8. The lowest BCUT2D eigenvalue weighted by Gasteiger charge is -2.00. The molecule has 0 spiro atoms. The maximum atomic E-state index is 12.0. The summed E-state index contributed by atoms with van der Waals surface area (Å²) in [7, 11) is 1.81. The molecule has 0 radical (unpaired) electrons. The third kappa shape index (κ3) is 3.26. The molecule has 1 N–H and O–H groups in total. The van der Waals surface area contributed by atoms with E-state index in [1.807, 2.05) is 7.05 Å². The number of aromatic nitrogens is 4. The van der Waals surface area contributed by atoms with Gasteiger partial charge in [-0.1, -0.05) is 22.8 Å². The smallest absolute Gasteiger partial charge is 0.328 e. The van der Waals surface area contributed by atoms with E-state index in [9.17, 15) is 4.79 Å². The van der Waals surface area contributed by atoms with Gasteiger partial charge in [0.15, 0.2) is 5.82 Å². The number of rotatable bonds is 3. The largest absolute Gasteiger partial charge is 0.331 e. The Kier molecular flexibility index (Phi) is 4.79. The monoisotopic (exact) mass is 339 g/mol. The summed E-state index contributed by atoms with van der Waals surface area (Å²) >= 11 is 5.84. The van der Waals surface area contributed by atoms with Crippen LogP contribution in [-0.4, -0.2) is 25.6 Å². The number of halogens is 2. The van der Waals surface area contributed by atoms with Gasteiger partial charge < -0.3 is 9.09 Å². The second-order valence-corrected chi connectivity index (χ2v) is 4.69. The Bertz CT molecular complexity index is 799. The summed E-state index contributed by atoms with van der Waals surface area (Å²) in [6, 6.07) is 6.55. The number of hydrogen-bond acceptors (Lipinski definition) is 5. The third-order valence-corrected chi connectivity index (χ3v) is 2.99. The van der Waals surface area contributed by atoms with Gasteiger partial charge in [0, 0.05) is 30.0 Å². The van der Waals surface area contributed by atoms with Crippen molar-refractivity contribution >= 4 is 35.9 Å². The van der Waals surface area contributed by atoms with Gasteiger partial charge >= 0.3 is 6.01 Å². The van der Waals surface area contributed by atoms with Crippen molar-refractivity contribution in [2.75, 3.05) is 5.32 Å². The minimum absolute atomic E-state index is 0. The molecule has 3 rings (SSSR count). The first-order chi connectivity index (χ1) is 10.1. The van der Waals surface area contributed by atoms with E-state index in [2.05, 4.69) is 20.4 Å². The highest BCUT2D eigenvalue weighted by Gasteiger charge is 2.15. The first-order valence-electron chi connectivity index (χ1n) is 6.02. The van der Waals surface area contributed by atoms with Crippen molar-refractivity contribution in [3.8, 4) is 11.6 Å². The van der Waals surface area contributed by atoms with Gasteiger partial charge in [-0.25, -0.2) is 4.98 Å². The molecule has 0 aliphatic heterocycles. The summed E-state index contributed by atoms with van der Waals surface area (Å²) in [6.45, 7) is 0. The number of aryl methyl sites for hydroxylation is 1. The molecule has 22 heavy (non-hydrogen) atoms. The number of nitrogens with zero attached hydrogens (tertiary/aromatic N) is 4. The first kappa shape index (κ1) is 16.0. The van der Waals surface area contributed by atoms with E-state index in [0.717, 1.165) is 0 Å². The van der Waals surface area contributed by atoms with Crippen molar-refractivity contribution in [2.45, 2.75) is 0 Å². The summed E-state index contributed by atoms with van der Waals surface area (Å²) in [6.07, 6.45) is 3.38. The number of nitrogens with one attached hydrogen (secondary N) is 1. The van der Waals surface area contributed by atoms with E-state index >= 15 is 0 Å². The molecule has 9 heteroatoms. The average Bonchev–Trinajstić information content (AvgIpc) is 3.07. The van der Waals surface area contributed by atoms with Crippen molar-refractivity contribution in [3.63, 3.8) is 0 Å². The lowest BCUT2D eigenvalue weighted by Crippen LogP contribution is -2.12. The van der Waals surface area contributed by atoms with Gasteiger partial charge in [-0.05, 0) is 18.2 Å². The summed E-state index contributed by atoms with van der Waals surface area (Å²) in [5.41, 5.74) is 0.402. The van der Waals surface area contributed by atoms with Gasteiger partial charge in [-0.3, -0.25) is 10.1 Å². The molecule has 114 valence electrons. The number of anilines is 1. The van der Waals surface area contributed by atoms with Gasteiger partial charge in [-0.2, -0.15) is 4.98 Å². The Hall–Kier alpha value is -2.38. The highest BCUT2D eigenvalue weighted by atomic mass is 35.5. The van der Waals surface area contributed by atoms with E-state index in [4.69, 9.17) is 16.1 Å². The molecule has 0 unspecified atom stereocenters. The molecule has 0 saturated carbocycles. The van der Waals surface area contributed by atoms with Crippen LogP contribution in [0.3, 0.4) is 0 Å². The SMILES string of the molecule is Cl.Cn1ccnc1-c1noc(NC(=O)c2cccc(Cl)c2)n1. The Morgan fingerprint density at radius 2 is 2.23 bits per heavy atom. The highest BCUT2D eigenvalue weighted by molar-refractivity contribution is 6.31. The van der Waals surface area contributed by atoms with E-state index in [1.165, 1.54) is 0 Å². The minimum atomic E-state index is -0.382. The zero-order valence-corrected chi connectivity index (χ0v) is 12.9. The van der Waals surface area contributed by atoms with Crippen molar-refractivity contribution < 1.29 is 9.32 Å². The van der Waals surface area contributed by atoms with Crippen molar-refractivity contribution in [1.82, 2.24) is 19.7 Å². The average molecular weight is 340 g/mol. The van der Waals surface area contributed by atoms with E-state index in [-0.39, 0.29) is 24.3 Å². The molecule has 0 bridgehead atoms.